The van der Waals surface area contributed by atoms with Crippen molar-refractivity contribution in [1.29, 1.82) is 0 Å². The number of nitrogens with two attached hydrogens (primary N) is 1. The summed E-state index contributed by atoms with van der Waals surface area (Å²) < 4.78 is 1.36. The largest absolute Gasteiger partial charge is 0.481 e. The molecule has 174 valence electrons. The minimum Gasteiger partial charge on any atom is -0.481 e. The zero-order chi connectivity index (χ0) is 24.1. The van der Waals surface area contributed by atoms with Crippen LogP contribution < -0.4 is 16.6 Å². The summed E-state index contributed by atoms with van der Waals surface area (Å²) in [4.78, 5) is 53.9. The van der Waals surface area contributed by atoms with Gasteiger partial charge in [-0.3, -0.25) is 19.0 Å². The highest BCUT2D eigenvalue weighted by atomic mass is 16.4. The smallest absolute Gasteiger partial charge is 0.326 e. The molecule has 2 unspecified atom stereocenters. The molecule has 3 rings (SSSR count). The number of anilines is 1. The van der Waals surface area contributed by atoms with Crippen LogP contribution in [0.15, 0.2) is 41.5 Å². The first kappa shape index (κ1) is 23.5. The topological polar surface area (TPSA) is 201 Å². The summed E-state index contributed by atoms with van der Waals surface area (Å²) in [7, 11) is 0. The first-order valence-corrected chi connectivity index (χ1v) is 9.99. The van der Waals surface area contributed by atoms with E-state index in [4.69, 9.17) is 10.8 Å². The molecule has 0 bridgehead atoms. The number of nitrogens with one attached hydrogen (secondary N) is 2. The minimum atomic E-state index is -1.34. The number of carbonyl (C=O) groups excluding carboxylic acids is 1. The van der Waals surface area contributed by atoms with Gasteiger partial charge >= 0.3 is 11.9 Å². The fourth-order valence-corrected chi connectivity index (χ4v) is 3.37. The lowest BCUT2D eigenvalue weighted by molar-refractivity contribution is -0.140. The quantitative estimate of drug-likeness (QED) is 0.245. The number of hydrogen-bond donors (Lipinski definition) is 6. The Labute approximate surface area is 186 Å². The van der Waals surface area contributed by atoms with Gasteiger partial charge in [0.25, 0.3) is 11.5 Å². The fraction of sp³-hybridized carbons (Fsp3) is 0.286. The third-order valence-corrected chi connectivity index (χ3v) is 5.17. The Hall–Kier alpha value is -4.19. The minimum absolute atomic E-state index is 0.130. The van der Waals surface area contributed by atoms with Crippen molar-refractivity contribution in [1.82, 2.24) is 19.9 Å². The van der Waals surface area contributed by atoms with Crippen LogP contribution in [-0.4, -0.2) is 60.3 Å². The number of aromatic amines is 1. The number of carboxylic acid groups (broad SMARTS) is 2. The van der Waals surface area contributed by atoms with Gasteiger partial charge in [-0.1, -0.05) is 12.1 Å². The van der Waals surface area contributed by atoms with Gasteiger partial charge in [0.15, 0.2) is 0 Å². The Morgan fingerprint density at radius 1 is 1.18 bits per heavy atom. The molecule has 2 atom stereocenters. The summed E-state index contributed by atoms with van der Waals surface area (Å²) in [6.45, 7) is -0.146. The number of nitrogen functional groups attached to an aromatic ring is 1. The number of aliphatic hydroxyl groups is 1. The lowest BCUT2D eigenvalue weighted by Crippen LogP contribution is -2.41. The fourth-order valence-electron chi connectivity index (χ4n) is 3.37. The van der Waals surface area contributed by atoms with Crippen molar-refractivity contribution in [3.05, 3.63) is 58.1 Å². The van der Waals surface area contributed by atoms with Gasteiger partial charge in [0, 0.05) is 24.4 Å². The van der Waals surface area contributed by atoms with E-state index in [9.17, 15) is 29.4 Å². The highest BCUT2D eigenvalue weighted by molar-refractivity contribution is 5.96. The Bertz CT molecular complexity index is 1230. The number of amides is 1. The second kappa shape index (κ2) is 9.96. The van der Waals surface area contributed by atoms with Crippen molar-refractivity contribution in [2.75, 3.05) is 12.3 Å². The monoisotopic (exact) mass is 457 g/mol. The first-order chi connectivity index (χ1) is 15.7. The van der Waals surface area contributed by atoms with Crippen LogP contribution in [0.5, 0.6) is 0 Å². The van der Waals surface area contributed by atoms with Gasteiger partial charge in [-0.25, -0.2) is 9.78 Å². The van der Waals surface area contributed by atoms with Gasteiger partial charge in [0.05, 0.1) is 18.3 Å². The van der Waals surface area contributed by atoms with Crippen LogP contribution in [-0.2, 0) is 16.1 Å². The molecule has 0 aliphatic heterocycles. The molecular weight excluding hydrogens is 434 g/mol. The molecule has 12 nitrogen and oxygen atoms in total. The molecule has 0 spiro atoms. The number of aliphatic hydroxyl groups excluding tert-OH is 1. The SMILES string of the molecule is Nc1cc2c(=O)n(CC(CO)c3ccc(C(=O)NC(CCC(=O)O)C(=O)O)cc3)cnc2[nH]1. The van der Waals surface area contributed by atoms with Crippen LogP contribution in [0, 0.1) is 0 Å². The van der Waals surface area contributed by atoms with Gasteiger partial charge in [0.1, 0.15) is 17.5 Å². The predicted octanol–water partition coefficient (Wildman–Crippen LogP) is 0.131. The number of carbonyl (C=O) groups is 3. The maximum atomic E-state index is 12.6. The molecule has 7 N–H and O–H groups in total. The molecule has 0 saturated heterocycles. The van der Waals surface area contributed by atoms with E-state index in [2.05, 4.69) is 15.3 Å². The van der Waals surface area contributed by atoms with Crippen LogP contribution in [0.1, 0.15) is 34.7 Å². The Morgan fingerprint density at radius 2 is 1.88 bits per heavy atom. The van der Waals surface area contributed by atoms with Crippen molar-refractivity contribution < 1.29 is 29.7 Å². The maximum absolute atomic E-state index is 12.6. The Balaban J connectivity index is 1.73. The third kappa shape index (κ3) is 5.54. The Morgan fingerprint density at radius 3 is 2.48 bits per heavy atom. The highest BCUT2D eigenvalue weighted by Crippen LogP contribution is 2.19. The molecule has 0 aliphatic rings. The lowest BCUT2D eigenvalue weighted by Gasteiger charge is -2.17. The van der Waals surface area contributed by atoms with E-state index >= 15 is 0 Å². The zero-order valence-electron chi connectivity index (χ0n) is 17.4. The molecule has 0 saturated carbocycles. The third-order valence-electron chi connectivity index (χ3n) is 5.17. The molecule has 2 heterocycles. The number of carboxylic acids is 2. The van der Waals surface area contributed by atoms with Crippen LogP contribution in [0.3, 0.4) is 0 Å². The summed E-state index contributed by atoms with van der Waals surface area (Å²) in [6.07, 6.45) is 0.707. The van der Waals surface area contributed by atoms with Gasteiger partial charge in [-0.05, 0) is 30.2 Å². The van der Waals surface area contributed by atoms with Crippen molar-refractivity contribution in [3.63, 3.8) is 0 Å². The van der Waals surface area contributed by atoms with Gasteiger partial charge < -0.3 is 31.4 Å². The number of aliphatic carboxylic acids is 2. The van der Waals surface area contributed by atoms with Crippen LogP contribution in [0.4, 0.5) is 5.82 Å². The van der Waals surface area contributed by atoms with Crippen molar-refractivity contribution in [2.24, 2.45) is 0 Å². The molecule has 1 aromatic carbocycles. The number of aromatic nitrogens is 3. The summed E-state index contributed by atoms with van der Waals surface area (Å²) in [5, 5.41) is 30.4. The lowest BCUT2D eigenvalue weighted by atomic mass is 9.98. The predicted molar refractivity (Wildman–Crippen MR) is 117 cm³/mol. The Kier molecular flexibility index (Phi) is 7.08. The number of hydrogen-bond acceptors (Lipinski definition) is 7. The molecular formula is C21H23N5O7. The van der Waals surface area contributed by atoms with Gasteiger partial charge in [-0.2, -0.15) is 0 Å². The van der Waals surface area contributed by atoms with Gasteiger partial charge in [-0.15, -0.1) is 0 Å². The highest BCUT2D eigenvalue weighted by Gasteiger charge is 2.22. The summed E-state index contributed by atoms with van der Waals surface area (Å²) in [5.74, 6) is -3.33. The van der Waals surface area contributed by atoms with Crippen LogP contribution in [0.2, 0.25) is 0 Å². The van der Waals surface area contributed by atoms with Crippen molar-refractivity contribution in [3.8, 4) is 0 Å². The number of H-pyrrole nitrogens is 1. The molecule has 0 aliphatic carbocycles. The number of rotatable bonds is 10. The number of nitrogens with zero attached hydrogens (tertiary/aromatic N) is 2. The van der Waals surface area contributed by atoms with Crippen LogP contribution in [0.25, 0.3) is 11.0 Å². The van der Waals surface area contributed by atoms with E-state index in [1.807, 2.05) is 0 Å². The second-order valence-corrected chi connectivity index (χ2v) is 7.49. The molecule has 0 fully saturated rings. The van der Waals surface area contributed by atoms with E-state index in [1.54, 1.807) is 12.1 Å². The molecule has 12 heteroatoms. The zero-order valence-corrected chi connectivity index (χ0v) is 17.4. The molecule has 0 radical (unpaired) electrons. The van der Waals surface area contributed by atoms with Crippen molar-refractivity contribution in [2.45, 2.75) is 31.3 Å². The molecule has 33 heavy (non-hydrogen) atoms. The summed E-state index contributed by atoms with van der Waals surface area (Å²) in [6, 6.07) is 6.25. The van der Waals surface area contributed by atoms with Gasteiger partial charge in [0.2, 0.25) is 0 Å². The standard InChI is InChI=1S/C21H23N5O7/c22-16-7-14-18(25-16)23-10-26(20(14)31)8-13(9-27)11-1-3-12(4-2-11)19(30)24-15(21(32)33)5-6-17(28)29/h1-4,7,10,13,15,25,27H,5-6,8-9,22H2,(H,24,30)(H,28,29)(H,32,33). The normalized spacial score (nSPS) is 12.9. The molecule has 2 aromatic heterocycles. The maximum Gasteiger partial charge on any atom is 0.326 e. The van der Waals surface area contributed by atoms with E-state index in [-0.39, 0.29) is 30.7 Å². The first-order valence-electron chi connectivity index (χ1n) is 9.99. The number of benzene rings is 1. The average molecular weight is 457 g/mol. The van der Waals surface area contributed by atoms with E-state index in [1.165, 1.54) is 29.1 Å². The summed E-state index contributed by atoms with van der Waals surface area (Å²) >= 11 is 0. The van der Waals surface area contributed by atoms with E-state index in [0.717, 1.165) is 0 Å². The summed E-state index contributed by atoms with van der Waals surface area (Å²) in [5.41, 5.74) is 6.54. The average Bonchev–Trinajstić information content (AvgIpc) is 3.17. The molecule has 3 aromatic rings. The van der Waals surface area contributed by atoms with Crippen LogP contribution >= 0.6 is 0 Å². The van der Waals surface area contributed by atoms with E-state index < -0.39 is 36.2 Å². The van der Waals surface area contributed by atoms with Crippen molar-refractivity contribution >= 4 is 34.7 Å². The second-order valence-electron chi connectivity index (χ2n) is 7.49. The number of fused-ring (bicyclic) bond motifs is 1. The molecule has 1 amide bonds. The van der Waals surface area contributed by atoms with E-state index in [0.29, 0.717) is 22.4 Å².